The molecule has 3 rings (SSSR count). The topological polar surface area (TPSA) is 32.9 Å². The molecule has 1 aromatic heterocycles. The quantitative estimate of drug-likeness (QED) is 0.715. The maximum atomic E-state index is 12.4. The number of benzene rings is 1. The number of hydrogen-bond donors (Lipinski definition) is 1. The summed E-state index contributed by atoms with van der Waals surface area (Å²) in [5.74, 6) is 0. The second-order valence-electron chi connectivity index (χ2n) is 4.43. The summed E-state index contributed by atoms with van der Waals surface area (Å²) in [6, 6.07) is 3.80. The average molecular weight is 360 g/mol. The van der Waals surface area contributed by atoms with Crippen molar-refractivity contribution < 1.29 is 0 Å². The average Bonchev–Trinajstić information content (AvgIpc) is 2.31. The zero-order valence-electron chi connectivity index (χ0n) is 9.15. The minimum Gasteiger partial charge on any atom is -0.357 e. The number of aromatic nitrogens is 1. The molecular weight excluding hydrogens is 349 g/mol. The molecule has 1 N–H and O–H groups in total. The van der Waals surface area contributed by atoms with Crippen LogP contribution in [0.15, 0.2) is 16.9 Å². The normalized spacial score (nSPS) is 14.9. The third kappa shape index (κ3) is 1.89. The zero-order valence-corrected chi connectivity index (χ0v) is 12.1. The Kier molecular flexibility index (Phi) is 2.91. The Balaban J connectivity index is 2.44. The van der Waals surface area contributed by atoms with Gasteiger partial charge in [0.25, 0.3) is 0 Å². The molecular formula is C13H11ClINO. The van der Waals surface area contributed by atoms with Crippen LogP contribution in [0.5, 0.6) is 0 Å². The SMILES string of the molecule is O=c1c2c([nH]c3c(Cl)cc(I)cc13)CCCC2. The van der Waals surface area contributed by atoms with E-state index < -0.39 is 0 Å². The van der Waals surface area contributed by atoms with Gasteiger partial charge in [0.2, 0.25) is 0 Å². The van der Waals surface area contributed by atoms with Gasteiger partial charge in [-0.2, -0.15) is 0 Å². The van der Waals surface area contributed by atoms with E-state index in [0.717, 1.165) is 51.4 Å². The van der Waals surface area contributed by atoms with Crippen LogP contribution in [0.4, 0.5) is 0 Å². The predicted octanol–water partition coefficient (Wildman–Crippen LogP) is 3.66. The van der Waals surface area contributed by atoms with Crippen molar-refractivity contribution in [3.8, 4) is 0 Å². The van der Waals surface area contributed by atoms with Crippen LogP contribution in [-0.2, 0) is 12.8 Å². The van der Waals surface area contributed by atoms with Crippen molar-refractivity contribution in [2.75, 3.05) is 0 Å². The Hall–Kier alpha value is -0.550. The molecule has 0 spiro atoms. The number of fused-ring (bicyclic) bond motifs is 2. The van der Waals surface area contributed by atoms with Crippen molar-refractivity contribution in [2.45, 2.75) is 25.7 Å². The van der Waals surface area contributed by atoms with Gasteiger partial charge < -0.3 is 4.98 Å². The number of halogens is 2. The molecule has 0 saturated carbocycles. The lowest BCUT2D eigenvalue weighted by Gasteiger charge is -2.16. The molecule has 4 heteroatoms. The van der Waals surface area contributed by atoms with Crippen LogP contribution in [0.25, 0.3) is 10.9 Å². The smallest absolute Gasteiger partial charge is 0.192 e. The highest BCUT2D eigenvalue weighted by Gasteiger charge is 2.16. The summed E-state index contributed by atoms with van der Waals surface area (Å²) in [7, 11) is 0. The van der Waals surface area contributed by atoms with Crippen LogP contribution >= 0.6 is 34.2 Å². The van der Waals surface area contributed by atoms with Crippen molar-refractivity contribution in [3.05, 3.63) is 42.2 Å². The maximum Gasteiger partial charge on any atom is 0.192 e. The van der Waals surface area contributed by atoms with Gasteiger partial charge in [0.15, 0.2) is 5.43 Å². The fraction of sp³-hybridized carbons (Fsp3) is 0.308. The van der Waals surface area contributed by atoms with E-state index in [-0.39, 0.29) is 5.43 Å². The van der Waals surface area contributed by atoms with Crippen LogP contribution in [0.1, 0.15) is 24.1 Å². The van der Waals surface area contributed by atoms with E-state index in [1.807, 2.05) is 12.1 Å². The summed E-state index contributed by atoms with van der Waals surface area (Å²) in [5, 5.41) is 1.36. The number of nitrogens with one attached hydrogen (secondary N) is 1. The number of rotatable bonds is 0. The molecule has 2 nitrogen and oxygen atoms in total. The third-order valence-corrected chi connectivity index (χ3v) is 4.24. The monoisotopic (exact) mass is 359 g/mol. The van der Waals surface area contributed by atoms with E-state index in [9.17, 15) is 4.79 Å². The summed E-state index contributed by atoms with van der Waals surface area (Å²) in [6.45, 7) is 0. The molecule has 0 unspecified atom stereocenters. The molecule has 0 aliphatic heterocycles. The highest BCUT2D eigenvalue weighted by atomic mass is 127. The minimum atomic E-state index is 0.161. The molecule has 1 aliphatic carbocycles. The molecule has 88 valence electrons. The predicted molar refractivity (Wildman–Crippen MR) is 78.9 cm³/mol. The van der Waals surface area contributed by atoms with Crippen LogP contribution in [0.2, 0.25) is 5.02 Å². The Labute approximate surface area is 118 Å². The summed E-state index contributed by atoms with van der Waals surface area (Å²) in [6.07, 6.45) is 4.11. The molecule has 0 bridgehead atoms. The molecule has 0 fully saturated rings. The third-order valence-electron chi connectivity index (χ3n) is 3.32. The van der Waals surface area contributed by atoms with Gasteiger partial charge in [0.05, 0.1) is 10.5 Å². The Morgan fingerprint density at radius 3 is 2.82 bits per heavy atom. The number of aromatic amines is 1. The molecule has 1 aromatic carbocycles. The summed E-state index contributed by atoms with van der Waals surface area (Å²) in [5.41, 5.74) is 2.99. The Morgan fingerprint density at radius 2 is 2.00 bits per heavy atom. The zero-order chi connectivity index (χ0) is 12.0. The molecule has 1 heterocycles. The fourth-order valence-corrected chi connectivity index (χ4v) is 3.56. The van der Waals surface area contributed by atoms with E-state index in [4.69, 9.17) is 11.6 Å². The van der Waals surface area contributed by atoms with Crippen LogP contribution < -0.4 is 5.43 Å². The highest BCUT2D eigenvalue weighted by molar-refractivity contribution is 14.1. The lowest BCUT2D eigenvalue weighted by molar-refractivity contribution is 0.667. The van der Waals surface area contributed by atoms with E-state index in [0.29, 0.717) is 5.02 Å². The molecule has 1 aliphatic rings. The first-order chi connectivity index (χ1) is 8.16. The van der Waals surface area contributed by atoms with E-state index in [1.165, 1.54) is 0 Å². The first-order valence-corrected chi connectivity index (χ1v) is 7.15. The Bertz CT molecular complexity index is 662. The molecule has 0 amide bonds. The van der Waals surface area contributed by atoms with Gasteiger partial charge >= 0.3 is 0 Å². The first-order valence-electron chi connectivity index (χ1n) is 5.69. The summed E-state index contributed by atoms with van der Waals surface area (Å²) in [4.78, 5) is 15.7. The lowest BCUT2D eigenvalue weighted by atomic mass is 9.94. The molecule has 17 heavy (non-hydrogen) atoms. The number of H-pyrrole nitrogens is 1. The van der Waals surface area contributed by atoms with Gasteiger partial charge in [-0.15, -0.1) is 0 Å². The van der Waals surface area contributed by atoms with Gasteiger partial charge in [-0.05, 0) is 60.4 Å². The summed E-state index contributed by atoms with van der Waals surface area (Å²) < 4.78 is 1.00. The largest absolute Gasteiger partial charge is 0.357 e. The molecule has 2 aromatic rings. The van der Waals surface area contributed by atoms with Crippen molar-refractivity contribution in [2.24, 2.45) is 0 Å². The standard InChI is InChI=1S/C13H11ClINO/c14-10-6-7(15)5-9-12(10)16-11-4-2-1-3-8(11)13(9)17/h5-6H,1-4H2,(H,16,17). The van der Waals surface area contributed by atoms with Gasteiger partial charge in [-0.3, -0.25) is 4.79 Å². The number of aryl methyl sites for hydroxylation is 1. The molecule has 0 atom stereocenters. The van der Waals surface area contributed by atoms with Crippen LogP contribution in [0.3, 0.4) is 0 Å². The maximum absolute atomic E-state index is 12.4. The van der Waals surface area contributed by atoms with Crippen molar-refractivity contribution >= 4 is 45.1 Å². The molecule has 0 saturated heterocycles. The Morgan fingerprint density at radius 1 is 1.24 bits per heavy atom. The van der Waals surface area contributed by atoms with Gasteiger partial charge in [-0.1, -0.05) is 11.6 Å². The fourth-order valence-electron chi connectivity index (χ4n) is 2.49. The van der Waals surface area contributed by atoms with E-state index >= 15 is 0 Å². The highest BCUT2D eigenvalue weighted by Crippen LogP contribution is 2.26. The van der Waals surface area contributed by atoms with Gasteiger partial charge in [-0.25, -0.2) is 0 Å². The van der Waals surface area contributed by atoms with E-state index in [1.54, 1.807) is 0 Å². The van der Waals surface area contributed by atoms with Crippen molar-refractivity contribution in [1.29, 1.82) is 0 Å². The summed E-state index contributed by atoms with van der Waals surface area (Å²) >= 11 is 8.39. The van der Waals surface area contributed by atoms with Crippen LogP contribution in [-0.4, -0.2) is 4.98 Å². The van der Waals surface area contributed by atoms with Gasteiger partial charge in [0.1, 0.15) is 0 Å². The lowest BCUT2D eigenvalue weighted by Crippen LogP contribution is -2.18. The number of pyridine rings is 1. The van der Waals surface area contributed by atoms with Gasteiger partial charge in [0, 0.05) is 20.2 Å². The minimum absolute atomic E-state index is 0.161. The number of hydrogen-bond acceptors (Lipinski definition) is 1. The molecule has 0 radical (unpaired) electrons. The van der Waals surface area contributed by atoms with E-state index in [2.05, 4.69) is 27.6 Å². The second kappa shape index (κ2) is 4.28. The second-order valence-corrected chi connectivity index (χ2v) is 6.08. The van der Waals surface area contributed by atoms with Crippen LogP contribution in [0, 0.1) is 3.57 Å². The first kappa shape index (κ1) is 11.5. The van der Waals surface area contributed by atoms with Crippen molar-refractivity contribution in [3.63, 3.8) is 0 Å². The van der Waals surface area contributed by atoms with Crippen molar-refractivity contribution in [1.82, 2.24) is 4.98 Å².